The number of halogens is 1. The first kappa shape index (κ1) is 15.9. The molecule has 1 aromatic heterocycles. The third-order valence-corrected chi connectivity index (χ3v) is 5.67. The van der Waals surface area contributed by atoms with Gasteiger partial charge in [0, 0.05) is 36.4 Å². The van der Waals surface area contributed by atoms with Crippen molar-refractivity contribution in [1.82, 2.24) is 15.2 Å². The highest BCUT2D eigenvalue weighted by Crippen LogP contribution is 2.26. The quantitative estimate of drug-likeness (QED) is 0.864. The minimum atomic E-state index is 0.262. The number of nitrogens with zero attached hydrogens (tertiary/aromatic N) is 2. The average molecular weight is 382 g/mol. The number of benzene rings is 1. The van der Waals surface area contributed by atoms with Gasteiger partial charge in [-0.15, -0.1) is 11.3 Å². The monoisotopic (exact) mass is 381 g/mol. The molecule has 1 aromatic carbocycles. The van der Waals surface area contributed by atoms with E-state index in [1.807, 2.05) is 24.1 Å². The highest BCUT2D eigenvalue weighted by atomic mass is 79.9. The smallest absolute Gasteiger partial charge is 0.223 e. The molecule has 22 heavy (non-hydrogen) atoms. The molecule has 1 aliphatic rings. The van der Waals surface area contributed by atoms with E-state index in [0.29, 0.717) is 12.5 Å². The van der Waals surface area contributed by atoms with Crippen LogP contribution in [0.2, 0.25) is 0 Å². The number of hydrogen-bond acceptors (Lipinski definition) is 4. The number of fused-ring (bicyclic) bond motifs is 1. The minimum Gasteiger partial charge on any atom is -0.338 e. The highest BCUT2D eigenvalue weighted by molar-refractivity contribution is 9.10. The average Bonchev–Trinajstić information content (AvgIpc) is 3.11. The fraction of sp³-hybridized carbons (Fsp3) is 0.500. The summed E-state index contributed by atoms with van der Waals surface area (Å²) in [5.41, 5.74) is 1.01. The van der Waals surface area contributed by atoms with Crippen LogP contribution in [0.4, 0.5) is 0 Å². The van der Waals surface area contributed by atoms with Crippen LogP contribution >= 0.6 is 27.3 Å². The van der Waals surface area contributed by atoms with E-state index in [1.165, 1.54) is 4.70 Å². The minimum absolute atomic E-state index is 0.262. The molecule has 0 radical (unpaired) electrons. The van der Waals surface area contributed by atoms with Crippen molar-refractivity contribution < 1.29 is 4.79 Å². The van der Waals surface area contributed by atoms with Crippen LogP contribution in [0.3, 0.4) is 0 Å². The zero-order valence-corrected chi connectivity index (χ0v) is 15.0. The maximum Gasteiger partial charge on any atom is 0.223 e. The highest BCUT2D eigenvalue weighted by Gasteiger charge is 2.27. The number of likely N-dealkylation sites (N-methyl/N-ethyl adjacent to an activating group) is 1. The van der Waals surface area contributed by atoms with E-state index in [2.05, 4.69) is 32.3 Å². The van der Waals surface area contributed by atoms with Gasteiger partial charge in [0.25, 0.3) is 0 Å². The number of thiazole rings is 1. The Bertz CT molecular complexity index is 672. The summed E-state index contributed by atoms with van der Waals surface area (Å²) >= 11 is 5.15. The zero-order valence-electron chi connectivity index (χ0n) is 12.6. The predicted octanol–water partition coefficient (Wildman–Crippen LogP) is 3.20. The topological polar surface area (TPSA) is 45.2 Å². The fourth-order valence-electron chi connectivity index (χ4n) is 3.02. The molecule has 4 nitrogen and oxygen atoms in total. The Hall–Kier alpha value is -0.980. The first-order chi connectivity index (χ1) is 10.7. The summed E-state index contributed by atoms with van der Waals surface area (Å²) in [6.45, 7) is 1.79. The Labute approximate surface area is 143 Å². The van der Waals surface area contributed by atoms with Crippen molar-refractivity contribution in [2.45, 2.75) is 31.7 Å². The van der Waals surface area contributed by atoms with E-state index in [4.69, 9.17) is 0 Å². The molecule has 1 aliphatic heterocycles. The molecule has 6 heteroatoms. The maximum atomic E-state index is 12.4. The molecule has 2 aromatic rings. The van der Waals surface area contributed by atoms with Gasteiger partial charge in [0.15, 0.2) is 0 Å². The van der Waals surface area contributed by atoms with Gasteiger partial charge in [-0.05, 0) is 38.1 Å². The molecular weight excluding hydrogens is 362 g/mol. The fourth-order valence-corrected chi connectivity index (χ4v) is 4.32. The predicted molar refractivity (Wildman–Crippen MR) is 94.3 cm³/mol. The number of amides is 1. The second-order valence-electron chi connectivity index (χ2n) is 5.66. The number of rotatable bonds is 5. The Morgan fingerprint density at radius 2 is 2.41 bits per heavy atom. The van der Waals surface area contributed by atoms with Gasteiger partial charge < -0.3 is 10.2 Å². The lowest BCUT2D eigenvalue weighted by molar-refractivity contribution is -0.131. The first-order valence-corrected chi connectivity index (χ1v) is 9.27. The third kappa shape index (κ3) is 3.50. The number of likely N-dealkylation sites (tertiary alicyclic amines) is 1. The summed E-state index contributed by atoms with van der Waals surface area (Å²) in [4.78, 5) is 19.1. The summed E-state index contributed by atoms with van der Waals surface area (Å²) in [5.74, 6) is 0.262. The zero-order chi connectivity index (χ0) is 15.5. The summed E-state index contributed by atoms with van der Waals surface area (Å²) in [7, 11) is 1.94. The molecule has 0 bridgehead atoms. The molecule has 1 amide bonds. The molecule has 1 N–H and O–H groups in total. The lowest BCUT2D eigenvalue weighted by Crippen LogP contribution is -2.40. The van der Waals surface area contributed by atoms with Crippen molar-refractivity contribution in [1.29, 1.82) is 0 Å². The number of nitrogens with one attached hydrogen (secondary N) is 1. The summed E-state index contributed by atoms with van der Waals surface area (Å²) in [6, 6.07) is 6.50. The number of aryl methyl sites for hydroxylation is 1. The van der Waals surface area contributed by atoms with Crippen LogP contribution in [0.5, 0.6) is 0 Å². The van der Waals surface area contributed by atoms with E-state index in [-0.39, 0.29) is 5.91 Å². The van der Waals surface area contributed by atoms with Gasteiger partial charge in [-0.3, -0.25) is 4.79 Å². The molecule has 1 fully saturated rings. The van der Waals surface area contributed by atoms with Gasteiger partial charge in [0.1, 0.15) is 0 Å². The van der Waals surface area contributed by atoms with Crippen LogP contribution in [-0.4, -0.2) is 42.0 Å². The number of hydrogen-bond donors (Lipinski definition) is 1. The van der Waals surface area contributed by atoms with Crippen LogP contribution in [0.15, 0.2) is 22.7 Å². The Balaban J connectivity index is 1.62. The Morgan fingerprint density at radius 3 is 3.23 bits per heavy atom. The van der Waals surface area contributed by atoms with Crippen LogP contribution in [-0.2, 0) is 11.2 Å². The molecule has 118 valence electrons. The first-order valence-electron chi connectivity index (χ1n) is 7.66. The molecule has 0 saturated carbocycles. The van der Waals surface area contributed by atoms with Crippen molar-refractivity contribution >= 4 is 43.4 Å². The van der Waals surface area contributed by atoms with Gasteiger partial charge >= 0.3 is 0 Å². The second-order valence-corrected chi connectivity index (χ2v) is 7.69. The Morgan fingerprint density at radius 1 is 1.55 bits per heavy atom. The lowest BCUT2D eigenvalue weighted by atomic mass is 10.2. The lowest BCUT2D eigenvalue weighted by Gasteiger charge is -2.24. The molecule has 2 heterocycles. The molecule has 3 rings (SSSR count). The van der Waals surface area contributed by atoms with Gasteiger partial charge in [-0.2, -0.15) is 0 Å². The van der Waals surface area contributed by atoms with E-state index in [9.17, 15) is 4.79 Å². The molecule has 0 spiro atoms. The van der Waals surface area contributed by atoms with E-state index in [0.717, 1.165) is 47.3 Å². The number of aromatic nitrogens is 1. The Kier molecular flexibility index (Phi) is 5.10. The van der Waals surface area contributed by atoms with Gasteiger partial charge in [-0.25, -0.2) is 4.98 Å². The van der Waals surface area contributed by atoms with E-state index < -0.39 is 0 Å². The van der Waals surface area contributed by atoms with Crippen molar-refractivity contribution in [2.75, 3.05) is 20.1 Å². The molecule has 0 aliphatic carbocycles. The number of carbonyl (C=O) groups is 1. The molecular formula is C16H20BrN3OS. The standard InChI is InChI=1S/C16H20BrN3OS/c1-18-10-12-3-2-8-20(12)16(21)7-6-15-19-13-9-11(17)4-5-14(13)22-15/h4-5,9,12,18H,2-3,6-8,10H2,1H3. The van der Waals surface area contributed by atoms with Gasteiger partial charge in [0.2, 0.25) is 5.91 Å². The van der Waals surface area contributed by atoms with Crippen molar-refractivity contribution in [2.24, 2.45) is 0 Å². The van der Waals surface area contributed by atoms with Crippen LogP contribution in [0.1, 0.15) is 24.3 Å². The maximum absolute atomic E-state index is 12.4. The SMILES string of the molecule is CNCC1CCCN1C(=O)CCc1nc2cc(Br)ccc2s1. The normalized spacial score (nSPS) is 18.3. The van der Waals surface area contributed by atoms with Crippen LogP contribution in [0.25, 0.3) is 10.2 Å². The van der Waals surface area contributed by atoms with E-state index >= 15 is 0 Å². The molecule has 1 saturated heterocycles. The van der Waals surface area contributed by atoms with Crippen LogP contribution < -0.4 is 5.32 Å². The van der Waals surface area contributed by atoms with E-state index in [1.54, 1.807) is 11.3 Å². The summed E-state index contributed by atoms with van der Waals surface area (Å²) in [6.07, 6.45) is 3.52. The van der Waals surface area contributed by atoms with Crippen molar-refractivity contribution in [3.8, 4) is 0 Å². The number of carbonyl (C=O) groups excluding carboxylic acids is 1. The van der Waals surface area contributed by atoms with Crippen molar-refractivity contribution in [3.05, 3.63) is 27.7 Å². The summed E-state index contributed by atoms with van der Waals surface area (Å²) < 4.78 is 2.22. The van der Waals surface area contributed by atoms with Crippen molar-refractivity contribution in [3.63, 3.8) is 0 Å². The van der Waals surface area contributed by atoms with Gasteiger partial charge in [0.05, 0.1) is 15.2 Å². The van der Waals surface area contributed by atoms with Gasteiger partial charge in [-0.1, -0.05) is 15.9 Å². The molecule has 1 atom stereocenters. The molecule has 1 unspecified atom stereocenters. The van der Waals surface area contributed by atoms with Crippen LogP contribution in [0, 0.1) is 0 Å². The largest absolute Gasteiger partial charge is 0.338 e. The summed E-state index contributed by atoms with van der Waals surface area (Å²) in [5, 5.41) is 4.23. The second kappa shape index (κ2) is 7.06. The third-order valence-electron chi connectivity index (χ3n) is 4.08.